The smallest absolute Gasteiger partial charge is 0.325 e. The molecule has 2 aromatic carbocycles. The third-order valence-electron chi connectivity index (χ3n) is 4.55. The first kappa shape index (κ1) is 22.4. The van der Waals surface area contributed by atoms with E-state index in [0.29, 0.717) is 24.2 Å². The maximum Gasteiger partial charge on any atom is 0.325 e. The second-order valence-electron chi connectivity index (χ2n) is 6.53. The van der Waals surface area contributed by atoms with Crippen molar-refractivity contribution in [2.24, 2.45) is 0 Å². The van der Waals surface area contributed by atoms with Gasteiger partial charge in [0.05, 0.1) is 4.90 Å². The first-order valence-electron chi connectivity index (χ1n) is 9.73. The molecule has 1 heterocycles. The number of nitrogens with one attached hydrogen (secondary N) is 1. The Morgan fingerprint density at radius 3 is 2.39 bits per heavy atom. The molecule has 0 aliphatic rings. The summed E-state index contributed by atoms with van der Waals surface area (Å²) in [6.07, 6.45) is 0. The number of rotatable bonds is 9. The number of para-hydroxylation sites is 2. The monoisotopic (exact) mass is 445 g/mol. The van der Waals surface area contributed by atoms with Crippen LogP contribution < -0.4 is 5.32 Å². The Kier molecular flexibility index (Phi) is 7.03. The molecule has 0 aliphatic heterocycles. The number of nitrogens with zero attached hydrogens (tertiary/aromatic N) is 2. The Morgan fingerprint density at radius 2 is 1.74 bits per heavy atom. The number of carbonyl (C=O) groups excluding carboxylic acids is 2. The van der Waals surface area contributed by atoms with Gasteiger partial charge >= 0.3 is 5.97 Å². The number of fused-ring (bicyclic) bond motifs is 1. The fourth-order valence-corrected chi connectivity index (χ4v) is 4.38. The summed E-state index contributed by atoms with van der Waals surface area (Å²) in [6, 6.07) is 12.7. The molecule has 0 spiro atoms. The van der Waals surface area contributed by atoms with Gasteiger partial charge in [-0.25, -0.2) is 13.4 Å². The van der Waals surface area contributed by atoms with Crippen LogP contribution in [0.3, 0.4) is 0 Å². The van der Waals surface area contributed by atoms with Gasteiger partial charge in [-0.3, -0.25) is 9.59 Å². The molecule has 0 saturated carbocycles. The van der Waals surface area contributed by atoms with Crippen molar-refractivity contribution in [1.82, 2.24) is 14.6 Å². The maximum absolute atomic E-state index is 12.5. The van der Waals surface area contributed by atoms with Crippen LogP contribution in [0, 0.1) is 0 Å². The van der Waals surface area contributed by atoms with Crippen LogP contribution in [0.4, 0.5) is 0 Å². The van der Waals surface area contributed by atoms with E-state index in [1.165, 1.54) is 28.6 Å². The van der Waals surface area contributed by atoms with Gasteiger partial charge in [-0.05, 0) is 36.4 Å². The fourth-order valence-electron chi connectivity index (χ4n) is 2.92. The lowest BCUT2D eigenvalue weighted by Gasteiger charge is -2.18. The van der Waals surface area contributed by atoms with Gasteiger partial charge in [-0.1, -0.05) is 26.0 Å². The van der Waals surface area contributed by atoms with Crippen molar-refractivity contribution in [2.75, 3.05) is 19.6 Å². The average molecular weight is 445 g/mol. The summed E-state index contributed by atoms with van der Waals surface area (Å²) in [6.45, 7) is 3.72. The number of benzene rings is 2. The lowest BCUT2D eigenvalue weighted by molar-refractivity contribution is -0.144. The number of aromatic nitrogens is 1. The topological polar surface area (TPSA) is 119 Å². The van der Waals surface area contributed by atoms with Crippen molar-refractivity contribution < 1.29 is 27.2 Å². The third-order valence-corrected chi connectivity index (χ3v) is 6.61. The Hall–Kier alpha value is -3.24. The van der Waals surface area contributed by atoms with Crippen molar-refractivity contribution in [1.29, 1.82) is 0 Å². The highest BCUT2D eigenvalue weighted by Gasteiger charge is 2.21. The quantitative estimate of drug-likeness (QED) is 0.502. The van der Waals surface area contributed by atoms with E-state index >= 15 is 0 Å². The number of hydrogen-bond donors (Lipinski definition) is 1. The molecule has 0 bridgehead atoms. The van der Waals surface area contributed by atoms with Gasteiger partial charge in [0.1, 0.15) is 12.1 Å². The molecule has 1 N–H and O–H groups in total. The van der Waals surface area contributed by atoms with Crippen LogP contribution in [0.2, 0.25) is 0 Å². The van der Waals surface area contributed by atoms with Crippen LogP contribution in [0.5, 0.6) is 0 Å². The molecule has 31 heavy (non-hydrogen) atoms. The Bertz CT molecular complexity index is 1130. The van der Waals surface area contributed by atoms with Crippen LogP contribution in [0.25, 0.3) is 11.1 Å². The number of amides is 1. The molecule has 10 heteroatoms. The maximum atomic E-state index is 12.5. The molecule has 9 nitrogen and oxygen atoms in total. The largest absolute Gasteiger partial charge is 0.454 e. The lowest BCUT2D eigenvalue weighted by Crippen LogP contribution is -2.31. The summed E-state index contributed by atoms with van der Waals surface area (Å²) in [4.78, 5) is 28.4. The first-order chi connectivity index (χ1) is 14.8. The number of esters is 1. The minimum Gasteiger partial charge on any atom is -0.454 e. The van der Waals surface area contributed by atoms with Gasteiger partial charge in [-0.2, -0.15) is 4.31 Å². The minimum absolute atomic E-state index is 0.102. The summed E-state index contributed by atoms with van der Waals surface area (Å²) >= 11 is 0. The molecule has 3 rings (SSSR count). The highest BCUT2D eigenvalue weighted by molar-refractivity contribution is 7.89. The summed E-state index contributed by atoms with van der Waals surface area (Å²) in [5.41, 5.74) is 1.48. The van der Waals surface area contributed by atoms with Crippen LogP contribution in [-0.4, -0.2) is 49.2 Å². The molecule has 1 aromatic heterocycles. The Balaban J connectivity index is 1.52. The number of sulfonamides is 1. The predicted molar refractivity (Wildman–Crippen MR) is 113 cm³/mol. The first-order valence-corrected chi connectivity index (χ1v) is 11.2. The van der Waals surface area contributed by atoms with E-state index in [4.69, 9.17) is 9.15 Å². The normalized spacial score (nSPS) is 11.6. The number of carbonyl (C=O) groups is 2. The number of ether oxygens (including phenoxy) is 1. The zero-order valence-corrected chi connectivity index (χ0v) is 18.0. The van der Waals surface area contributed by atoms with Gasteiger partial charge in [0, 0.05) is 18.7 Å². The molecule has 0 fully saturated rings. The van der Waals surface area contributed by atoms with Crippen LogP contribution in [-0.2, 0) is 26.2 Å². The Labute approximate surface area is 180 Å². The molecule has 164 valence electrons. The van der Waals surface area contributed by atoms with E-state index in [0.717, 1.165) is 0 Å². The van der Waals surface area contributed by atoms with Crippen molar-refractivity contribution >= 4 is 33.0 Å². The fraction of sp³-hybridized carbons (Fsp3) is 0.286. The van der Waals surface area contributed by atoms with E-state index in [1.54, 1.807) is 26.0 Å². The third kappa shape index (κ3) is 5.28. The standard InChI is InChI=1S/C21H23N3O6S/c1-3-24(4-2)31(27,28)16-11-9-15(10-12-16)21(26)22-13-20(25)29-14-19-23-17-7-5-6-8-18(17)30-19/h5-12H,3-4,13-14H2,1-2H3,(H,22,26). The summed E-state index contributed by atoms with van der Waals surface area (Å²) < 4.78 is 36.8. The number of oxazole rings is 1. The number of hydrogen-bond acceptors (Lipinski definition) is 7. The highest BCUT2D eigenvalue weighted by Crippen LogP contribution is 2.17. The van der Waals surface area contributed by atoms with Gasteiger partial charge in [0.25, 0.3) is 5.91 Å². The average Bonchev–Trinajstić information content (AvgIpc) is 3.20. The van der Waals surface area contributed by atoms with E-state index in [9.17, 15) is 18.0 Å². The molecular weight excluding hydrogens is 422 g/mol. The summed E-state index contributed by atoms with van der Waals surface area (Å²) in [5.74, 6) is -0.923. The van der Waals surface area contributed by atoms with Crippen molar-refractivity contribution in [3.63, 3.8) is 0 Å². The van der Waals surface area contributed by atoms with E-state index in [1.807, 2.05) is 12.1 Å². The lowest BCUT2D eigenvalue weighted by atomic mass is 10.2. The van der Waals surface area contributed by atoms with Gasteiger partial charge in [0.15, 0.2) is 12.2 Å². The van der Waals surface area contributed by atoms with Crippen molar-refractivity contribution in [3.8, 4) is 0 Å². The SMILES string of the molecule is CCN(CC)S(=O)(=O)c1ccc(C(=O)NCC(=O)OCc2nc3ccccc3o2)cc1. The minimum atomic E-state index is -3.60. The van der Waals surface area contributed by atoms with Crippen LogP contribution in [0.1, 0.15) is 30.1 Å². The molecule has 3 aromatic rings. The molecule has 0 aliphatic carbocycles. The zero-order valence-electron chi connectivity index (χ0n) is 17.2. The van der Waals surface area contributed by atoms with Crippen molar-refractivity contribution in [3.05, 3.63) is 60.0 Å². The van der Waals surface area contributed by atoms with Gasteiger partial charge in [0.2, 0.25) is 15.9 Å². The Morgan fingerprint density at radius 1 is 1.06 bits per heavy atom. The van der Waals surface area contributed by atoms with E-state index in [-0.39, 0.29) is 29.5 Å². The highest BCUT2D eigenvalue weighted by atomic mass is 32.2. The molecular formula is C21H23N3O6S. The van der Waals surface area contributed by atoms with E-state index < -0.39 is 21.9 Å². The summed E-state index contributed by atoms with van der Waals surface area (Å²) in [5, 5.41) is 2.44. The van der Waals surface area contributed by atoms with Crippen LogP contribution >= 0.6 is 0 Å². The molecule has 1 amide bonds. The van der Waals surface area contributed by atoms with Crippen molar-refractivity contribution in [2.45, 2.75) is 25.3 Å². The second-order valence-corrected chi connectivity index (χ2v) is 8.47. The molecule has 0 unspecified atom stereocenters. The molecule has 0 radical (unpaired) electrons. The zero-order chi connectivity index (χ0) is 22.4. The van der Waals surface area contributed by atoms with E-state index in [2.05, 4.69) is 10.3 Å². The van der Waals surface area contributed by atoms with Gasteiger partial charge in [-0.15, -0.1) is 0 Å². The summed E-state index contributed by atoms with van der Waals surface area (Å²) in [7, 11) is -3.60. The molecule has 0 atom stereocenters. The van der Waals surface area contributed by atoms with Crippen LogP contribution in [0.15, 0.2) is 57.8 Å². The van der Waals surface area contributed by atoms with Gasteiger partial charge < -0.3 is 14.5 Å². The second kappa shape index (κ2) is 9.71. The molecule has 0 saturated heterocycles. The predicted octanol–water partition coefficient (Wildman–Crippen LogP) is 2.33.